The van der Waals surface area contributed by atoms with Crippen molar-refractivity contribution in [1.82, 2.24) is 4.98 Å². The zero-order valence-corrected chi connectivity index (χ0v) is 15.1. The summed E-state index contributed by atoms with van der Waals surface area (Å²) in [6.07, 6.45) is 0. The highest BCUT2D eigenvalue weighted by molar-refractivity contribution is 5.92. The molecule has 0 radical (unpaired) electrons. The molecule has 1 amide bonds. The summed E-state index contributed by atoms with van der Waals surface area (Å²) in [5, 5.41) is 2.66. The van der Waals surface area contributed by atoms with E-state index in [0.29, 0.717) is 28.5 Å². The number of oxazole rings is 1. The molecule has 3 aromatic carbocycles. The van der Waals surface area contributed by atoms with Crippen molar-refractivity contribution in [3.05, 3.63) is 78.1 Å². The van der Waals surface area contributed by atoms with Crippen LogP contribution in [0.1, 0.15) is 5.56 Å². The molecule has 0 fully saturated rings. The maximum absolute atomic E-state index is 12.9. The normalized spacial score (nSPS) is 10.8. The Labute approximate surface area is 160 Å². The summed E-state index contributed by atoms with van der Waals surface area (Å²) in [6.45, 7) is 1.78. The summed E-state index contributed by atoms with van der Waals surface area (Å²) in [4.78, 5) is 16.6. The Morgan fingerprint density at radius 1 is 1.11 bits per heavy atom. The van der Waals surface area contributed by atoms with E-state index in [4.69, 9.17) is 9.15 Å². The van der Waals surface area contributed by atoms with Crippen molar-refractivity contribution in [2.75, 3.05) is 11.9 Å². The van der Waals surface area contributed by atoms with Gasteiger partial charge >= 0.3 is 0 Å². The van der Waals surface area contributed by atoms with E-state index < -0.39 is 0 Å². The fourth-order valence-electron chi connectivity index (χ4n) is 2.79. The van der Waals surface area contributed by atoms with Crippen LogP contribution in [0.4, 0.5) is 10.1 Å². The number of aryl methyl sites for hydroxylation is 1. The van der Waals surface area contributed by atoms with Crippen molar-refractivity contribution in [1.29, 1.82) is 0 Å². The Bertz CT molecular complexity index is 1140. The Kier molecular flexibility index (Phi) is 4.76. The number of anilines is 1. The van der Waals surface area contributed by atoms with Crippen LogP contribution >= 0.6 is 0 Å². The average molecular weight is 376 g/mol. The summed E-state index contributed by atoms with van der Waals surface area (Å²) in [5.74, 6) is 0.196. The van der Waals surface area contributed by atoms with Gasteiger partial charge in [0.25, 0.3) is 5.91 Å². The molecular weight excluding hydrogens is 359 g/mol. The van der Waals surface area contributed by atoms with Crippen molar-refractivity contribution in [3.63, 3.8) is 0 Å². The smallest absolute Gasteiger partial charge is 0.262 e. The second kappa shape index (κ2) is 7.52. The molecule has 0 aliphatic heterocycles. The Hall–Kier alpha value is -3.67. The largest absolute Gasteiger partial charge is 0.483 e. The molecule has 4 rings (SSSR count). The Morgan fingerprint density at radius 3 is 2.71 bits per heavy atom. The summed E-state index contributed by atoms with van der Waals surface area (Å²) in [6, 6.07) is 18.6. The number of amides is 1. The first-order valence-electron chi connectivity index (χ1n) is 8.73. The highest BCUT2D eigenvalue weighted by Crippen LogP contribution is 2.31. The molecule has 0 saturated heterocycles. The lowest BCUT2D eigenvalue weighted by Gasteiger charge is -2.10. The molecule has 0 aliphatic rings. The first kappa shape index (κ1) is 17.7. The maximum Gasteiger partial charge on any atom is 0.262 e. The lowest BCUT2D eigenvalue weighted by Crippen LogP contribution is -2.20. The first-order chi connectivity index (χ1) is 13.6. The van der Waals surface area contributed by atoms with Gasteiger partial charge in [-0.3, -0.25) is 4.79 Å². The molecule has 0 aliphatic carbocycles. The standard InChI is InChI=1S/C22H17FN2O3/c1-14-6-11-18-20(12-14)28-22(25-18)17-4-2-3-5-19(17)27-13-21(26)24-16-9-7-15(23)8-10-16/h2-12H,13H2,1H3,(H,24,26). The van der Waals surface area contributed by atoms with Crippen molar-refractivity contribution in [3.8, 4) is 17.2 Å². The maximum atomic E-state index is 12.9. The molecule has 0 unspecified atom stereocenters. The summed E-state index contributed by atoms with van der Waals surface area (Å²) >= 11 is 0. The van der Waals surface area contributed by atoms with Crippen molar-refractivity contribution in [2.45, 2.75) is 6.92 Å². The number of rotatable bonds is 5. The van der Waals surface area contributed by atoms with Crippen molar-refractivity contribution in [2.24, 2.45) is 0 Å². The predicted molar refractivity (Wildman–Crippen MR) is 105 cm³/mol. The van der Waals surface area contributed by atoms with E-state index in [1.54, 1.807) is 6.07 Å². The molecule has 140 valence electrons. The number of aromatic nitrogens is 1. The quantitative estimate of drug-likeness (QED) is 0.535. The number of hydrogen-bond acceptors (Lipinski definition) is 4. The number of hydrogen-bond donors (Lipinski definition) is 1. The lowest BCUT2D eigenvalue weighted by molar-refractivity contribution is -0.118. The number of halogens is 1. The van der Waals surface area contributed by atoms with Gasteiger partial charge in [-0.2, -0.15) is 0 Å². The van der Waals surface area contributed by atoms with Crippen LogP contribution in [0.2, 0.25) is 0 Å². The van der Waals surface area contributed by atoms with Gasteiger partial charge in [0.05, 0.1) is 5.56 Å². The van der Waals surface area contributed by atoms with Gasteiger partial charge in [0.1, 0.15) is 17.1 Å². The second-order valence-corrected chi connectivity index (χ2v) is 6.33. The third-order valence-corrected chi connectivity index (χ3v) is 4.15. The predicted octanol–water partition coefficient (Wildman–Crippen LogP) is 4.96. The van der Waals surface area contributed by atoms with E-state index in [9.17, 15) is 9.18 Å². The second-order valence-electron chi connectivity index (χ2n) is 6.33. The number of para-hydroxylation sites is 1. The Balaban J connectivity index is 1.51. The number of carbonyl (C=O) groups excluding carboxylic acids is 1. The number of carbonyl (C=O) groups is 1. The molecule has 4 aromatic rings. The lowest BCUT2D eigenvalue weighted by atomic mass is 10.2. The SMILES string of the molecule is Cc1ccc2nc(-c3ccccc3OCC(=O)Nc3ccc(F)cc3)oc2c1. The van der Waals surface area contributed by atoms with E-state index in [-0.39, 0.29) is 18.3 Å². The average Bonchev–Trinajstić information content (AvgIpc) is 3.11. The van der Waals surface area contributed by atoms with Gasteiger partial charge in [0.15, 0.2) is 12.2 Å². The van der Waals surface area contributed by atoms with Gasteiger partial charge in [0.2, 0.25) is 5.89 Å². The van der Waals surface area contributed by atoms with E-state index in [0.717, 1.165) is 11.1 Å². The number of ether oxygens (including phenoxy) is 1. The zero-order valence-electron chi connectivity index (χ0n) is 15.1. The molecule has 28 heavy (non-hydrogen) atoms. The molecule has 1 N–H and O–H groups in total. The zero-order chi connectivity index (χ0) is 19.5. The third-order valence-electron chi connectivity index (χ3n) is 4.15. The minimum atomic E-state index is -0.364. The van der Waals surface area contributed by atoms with Gasteiger partial charge in [-0.1, -0.05) is 18.2 Å². The molecule has 1 aromatic heterocycles. The number of nitrogens with one attached hydrogen (secondary N) is 1. The number of fused-ring (bicyclic) bond motifs is 1. The van der Waals surface area contributed by atoms with Crippen LogP contribution in [0, 0.1) is 12.7 Å². The highest BCUT2D eigenvalue weighted by atomic mass is 19.1. The third kappa shape index (κ3) is 3.86. The molecular formula is C22H17FN2O3. The number of nitrogens with zero attached hydrogens (tertiary/aromatic N) is 1. The molecule has 0 bridgehead atoms. The highest BCUT2D eigenvalue weighted by Gasteiger charge is 2.14. The van der Waals surface area contributed by atoms with Crippen LogP contribution in [0.3, 0.4) is 0 Å². The van der Waals surface area contributed by atoms with Gasteiger partial charge in [-0.25, -0.2) is 9.37 Å². The van der Waals surface area contributed by atoms with E-state index in [1.165, 1.54) is 24.3 Å². The molecule has 0 atom stereocenters. The molecule has 1 heterocycles. The van der Waals surface area contributed by atoms with E-state index in [1.807, 2.05) is 43.3 Å². The van der Waals surface area contributed by atoms with E-state index >= 15 is 0 Å². The molecule has 6 heteroatoms. The van der Waals surface area contributed by atoms with Crippen LogP contribution in [-0.4, -0.2) is 17.5 Å². The van der Waals surface area contributed by atoms with E-state index in [2.05, 4.69) is 10.3 Å². The minimum absolute atomic E-state index is 0.201. The topological polar surface area (TPSA) is 64.4 Å². The van der Waals surface area contributed by atoms with Crippen LogP contribution in [0.5, 0.6) is 5.75 Å². The monoisotopic (exact) mass is 376 g/mol. The summed E-state index contributed by atoms with van der Waals surface area (Å²) in [5.41, 5.74) is 3.68. The van der Waals surface area contributed by atoms with Crippen LogP contribution in [-0.2, 0) is 4.79 Å². The van der Waals surface area contributed by atoms with Gasteiger partial charge in [0, 0.05) is 5.69 Å². The summed E-state index contributed by atoms with van der Waals surface area (Å²) in [7, 11) is 0. The van der Waals surface area contributed by atoms with Crippen molar-refractivity contribution < 1.29 is 18.3 Å². The fraction of sp³-hybridized carbons (Fsp3) is 0.0909. The van der Waals surface area contributed by atoms with Gasteiger partial charge in [-0.05, 0) is 61.0 Å². The Morgan fingerprint density at radius 2 is 1.89 bits per heavy atom. The van der Waals surface area contributed by atoms with Crippen LogP contribution in [0.25, 0.3) is 22.6 Å². The van der Waals surface area contributed by atoms with Crippen LogP contribution in [0.15, 0.2) is 71.1 Å². The minimum Gasteiger partial charge on any atom is -0.483 e. The first-order valence-corrected chi connectivity index (χ1v) is 8.73. The molecule has 0 spiro atoms. The van der Waals surface area contributed by atoms with Crippen LogP contribution < -0.4 is 10.1 Å². The summed E-state index contributed by atoms with van der Waals surface area (Å²) < 4.78 is 24.5. The fourth-order valence-corrected chi connectivity index (χ4v) is 2.79. The van der Waals surface area contributed by atoms with Gasteiger partial charge in [-0.15, -0.1) is 0 Å². The molecule has 0 saturated carbocycles. The number of benzene rings is 3. The molecule has 5 nitrogen and oxygen atoms in total. The van der Waals surface area contributed by atoms with Crippen molar-refractivity contribution >= 4 is 22.7 Å². The van der Waals surface area contributed by atoms with Gasteiger partial charge < -0.3 is 14.5 Å².